The lowest BCUT2D eigenvalue weighted by Gasteiger charge is -2.19. The smallest absolute Gasteiger partial charge is 0.183 e. The molecular weight excluding hydrogens is 399 g/mol. The third-order valence-electron chi connectivity index (χ3n) is 4.07. The first kappa shape index (κ1) is 22.9. The van der Waals surface area contributed by atoms with Gasteiger partial charge in [0.15, 0.2) is 8.32 Å². The first-order valence-corrected chi connectivity index (χ1v) is 14.4. The molecule has 134 valence electrons. The summed E-state index contributed by atoms with van der Waals surface area (Å²) in [5.41, 5.74) is 0. The highest BCUT2D eigenvalue weighted by Gasteiger charge is 2.16. The minimum absolute atomic E-state index is 0.715. The fraction of sp³-hybridized carbons (Fsp3) is 1.00. The molecule has 0 spiro atoms. The number of hydrogen-bond donors (Lipinski definition) is 0. The second kappa shape index (κ2) is 15.4. The second-order valence-corrected chi connectivity index (χ2v) is 14.0. The summed E-state index contributed by atoms with van der Waals surface area (Å²) in [6, 6.07) is 0. The van der Waals surface area contributed by atoms with Crippen LogP contribution in [0.5, 0.6) is 0 Å². The van der Waals surface area contributed by atoms with Crippen LogP contribution in [0.2, 0.25) is 19.6 Å². The summed E-state index contributed by atoms with van der Waals surface area (Å²) in [4.78, 5) is 0. The van der Waals surface area contributed by atoms with E-state index in [9.17, 15) is 0 Å². The molecule has 0 aromatic heterocycles. The molecule has 0 rings (SSSR count). The molecule has 1 unspecified atom stereocenters. The van der Waals surface area contributed by atoms with Crippen LogP contribution in [0, 0.1) is 0 Å². The van der Waals surface area contributed by atoms with Crippen molar-refractivity contribution in [2.45, 2.75) is 114 Å². The molecular formula is C19H41IOSi. The SMILES string of the molecule is CCCCCCCCCCCCCCC(I)CO[Si](C)(C)C. The van der Waals surface area contributed by atoms with Gasteiger partial charge in [0.05, 0.1) is 0 Å². The maximum absolute atomic E-state index is 5.98. The zero-order valence-corrected chi connectivity index (χ0v) is 18.9. The Morgan fingerprint density at radius 1 is 0.727 bits per heavy atom. The first-order chi connectivity index (χ1) is 10.5. The highest BCUT2D eigenvalue weighted by molar-refractivity contribution is 14.1. The number of halogens is 1. The van der Waals surface area contributed by atoms with E-state index in [4.69, 9.17) is 4.43 Å². The average molecular weight is 441 g/mol. The van der Waals surface area contributed by atoms with Crippen LogP contribution in [-0.2, 0) is 4.43 Å². The summed E-state index contributed by atoms with van der Waals surface area (Å²) in [6.45, 7) is 10.1. The van der Waals surface area contributed by atoms with Gasteiger partial charge in [-0.3, -0.25) is 0 Å². The van der Waals surface area contributed by atoms with Gasteiger partial charge in [0.2, 0.25) is 0 Å². The minimum atomic E-state index is -1.31. The van der Waals surface area contributed by atoms with E-state index in [0.29, 0.717) is 3.92 Å². The zero-order chi connectivity index (χ0) is 16.7. The fourth-order valence-corrected chi connectivity index (χ4v) is 4.29. The Hall–Kier alpha value is 0.907. The van der Waals surface area contributed by atoms with Crippen LogP contribution in [0.15, 0.2) is 0 Å². The van der Waals surface area contributed by atoms with Crippen molar-refractivity contribution >= 4 is 30.9 Å². The van der Waals surface area contributed by atoms with Crippen molar-refractivity contribution in [1.82, 2.24) is 0 Å². The molecule has 0 amide bonds. The van der Waals surface area contributed by atoms with Gasteiger partial charge in [0, 0.05) is 10.5 Å². The summed E-state index contributed by atoms with van der Waals surface area (Å²) < 4.78 is 6.70. The summed E-state index contributed by atoms with van der Waals surface area (Å²) in [5.74, 6) is 0. The van der Waals surface area contributed by atoms with Crippen LogP contribution in [0.4, 0.5) is 0 Å². The maximum atomic E-state index is 5.98. The van der Waals surface area contributed by atoms with Crippen LogP contribution < -0.4 is 0 Å². The lowest BCUT2D eigenvalue weighted by molar-refractivity contribution is 0.309. The largest absolute Gasteiger partial charge is 0.417 e. The number of rotatable bonds is 16. The highest BCUT2D eigenvalue weighted by Crippen LogP contribution is 2.16. The average Bonchev–Trinajstić information content (AvgIpc) is 2.45. The first-order valence-electron chi connectivity index (χ1n) is 9.73. The van der Waals surface area contributed by atoms with Gasteiger partial charge in [-0.25, -0.2) is 0 Å². The van der Waals surface area contributed by atoms with E-state index < -0.39 is 8.32 Å². The molecule has 0 N–H and O–H groups in total. The molecule has 0 heterocycles. The van der Waals surface area contributed by atoms with Gasteiger partial charge in [-0.1, -0.05) is 107 Å². The molecule has 1 nitrogen and oxygen atoms in total. The van der Waals surface area contributed by atoms with Crippen LogP contribution >= 0.6 is 22.6 Å². The van der Waals surface area contributed by atoms with E-state index in [2.05, 4.69) is 49.2 Å². The van der Waals surface area contributed by atoms with Crippen LogP contribution in [0.25, 0.3) is 0 Å². The molecule has 0 aliphatic rings. The second-order valence-electron chi connectivity index (χ2n) is 7.70. The molecule has 0 fully saturated rings. The molecule has 0 bridgehead atoms. The quantitative estimate of drug-likeness (QED) is 0.103. The van der Waals surface area contributed by atoms with Crippen molar-refractivity contribution < 1.29 is 4.43 Å². The van der Waals surface area contributed by atoms with E-state index in [0.717, 1.165) is 6.61 Å². The molecule has 0 aromatic carbocycles. The molecule has 0 radical (unpaired) electrons. The zero-order valence-electron chi connectivity index (χ0n) is 15.8. The summed E-state index contributed by atoms with van der Waals surface area (Å²) in [5, 5.41) is 0. The van der Waals surface area contributed by atoms with Crippen molar-refractivity contribution in [3.05, 3.63) is 0 Å². The molecule has 0 saturated carbocycles. The Kier molecular flexibility index (Phi) is 16.1. The Labute approximate surface area is 155 Å². The van der Waals surface area contributed by atoms with Crippen molar-refractivity contribution in [3.8, 4) is 0 Å². The van der Waals surface area contributed by atoms with E-state index in [-0.39, 0.29) is 0 Å². The van der Waals surface area contributed by atoms with E-state index >= 15 is 0 Å². The summed E-state index contributed by atoms with van der Waals surface area (Å²) in [6.07, 6.45) is 18.6. The van der Waals surface area contributed by atoms with Gasteiger partial charge in [-0.15, -0.1) is 0 Å². The lowest BCUT2D eigenvalue weighted by Crippen LogP contribution is -2.28. The monoisotopic (exact) mass is 440 g/mol. The Balaban J connectivity index is 3.17. The van der Waals surface area contributed by atoms with Gasteiger partial charge in [-0.2, -0.15) is 0 Å². The van der Waals surface area contributed by atoms with Crippen molar-refractivity contribution in [3.63, 3.8) is 0 Å². The maximum Gasteiger partial charge on any atom is 0.183 e. The van der Waals surface area contributed by atoms with Gasteiger partial charge in [0.25, 0.3) is 0 Å². The van der Waals surface area contributed by atoms with E-state index in [1.54, 1.807) is 0 Å². The normalized spacial score (nSPS) is 13.5. The molecule has 0 saturated heterocycles. The summed E-state index contributed by atoms with van der Waals surface area (Å²) in [7, 11) is -1.31. The standard InChI is InChI=1S/C19H41IOSi/c1-5-6-7-8-9-10-11-12-13-14-15-16-17-19(20)18-21-22(2,3)4/h19H,5-18H2,1-4H3. The Morgan fingerprint density at radius 3 is 1.55 bits per heavy atom. The van der Waals surface area contributed by atoms with Crippen LogP contribution in [0.1, 0.15) is 90.4 Å². The predicted molar refractivity (Wildman–Crippen MR) is 113 cm³/mol. The topological polar surface area (TPSA) is 9.23 Å². The van der Waals surface area contributed by atoms with Crippen LogP contribution in [0.3, 0.4) is 0 Å². The number of alkyl halides is 1. The molecule has 0 aromatic rings. The predicted octanol–water partition coefficient (Wildman–Crippen LogP) is 7.73. The highest BCUT2D eigenvalue weighted by atomic mass is 127. The fourth-order valence-electron chi connectivity index (χ4n) is 2.63. The lowest BCUT2D eigenvalue weighted by atomic mass is 10.0. The van der Waals surface area contributed by atoms with Crippen molar-refractivity contribution in [2.75, 3.05) is 6.61 Å². The van der Waals surface area contributed by atoms with Crippen molar-refractivity contribution in [2.24, 2.45) is 0 Å². The molecule has 1 atom stereocenters. The third-order valence-corrected chi connectivity index (χ3v) is 6.08. The van der Waals surface area contributed by atoms with Crippen molar-refractivity contribution in [1.29, 1.82) is 0 Å². The molecule has 0 aliphatic carbocycles. The molecule has 22 heavy (non-hydrogen) atoms. The van der Waals surface area contributed by atoms with Crippen LogP contribution in [-0.4, -0.2) is 18.8 Å². The Morgan fingerprint density at radius 2 is 1.14 bits per heavy atom. The number of unbranched alkanes of at least 4 members (excludes halogenated alkanes) is 11. The van der Waals surface area contributed by atoms with Gasteiger partial charge in [-0.05, 0) is 26.1 Å². The Bertz CT molecular complexity index is 228. The van der Waals surface area contributed by atoms with Gasteiger partial charge < -0.3 is 4.43 Å². The van der Waals surface area contributed by atoms with Gasteiger partial charge >= 0.3 is 0 Å². The van der Waals surface area contributed by atoms with Gasteiger partial charge in [0.1, 0.15) is 0 Å². The van der Waals surface area contributed by atoms with E-state index in [1.807, 2.05) is 0 Å². The third kappa shape index (κ3) is 19.0. The van der Waals surface area contributed by atoms with E-state index in [1.165, 1.54) is 83.5 Å². The number of hydrogen-bond acceptors (Lipinski definition) is 1. The summed E-state index contributed by atoms with van der Waals surface area (Å²) >= 11 is 2.57. The molecule has 3 heteroatoms. The molecule has 0 aliphatic heterocycles. The minimum Gasteiger partial charge on any atom is -0.417 e.